The van der Waals surface area contributed by atoms with Crippen molar-refractivity contribution in [3.8, 4) is 0 Å². The monoisotopic (exact) mass is 74.0 g/mol. The first-order valence-electron chi connectivity index (χ1n) is 1.22. The zero-order chi connectivity index (χ0) is 3.41. The number of hydrogen-bond donors (Lipinski definition) is 0. The fourth-order valence-electron chi connectivity index (χ4n) is 0. The van der Waals surface area contributed by atoms with Crippen LogP contribution in [0.15, 0.2) is 12.7 Å². The van der Waals surface area contributed by atoms with Gasteiger partial charge in [-0.05, 0) is 6.16 Å². The van der Waals surface area contributed by atoms with Crippen molar-refractivity contribution in [2.45, 2.75) is 0 Å². The predicted octanol–water partition coefficient (Wildman–Crippen LogP) is 1.05. The Morgan fingerprint density at radius 3 is 2.25 bits per heavy atom. The molecular formula is C3H7P. The first-order valence-corrected chi connectivity index (χ1v) is 2.04. The molecule has 0 radical (unpaired) electrons. The van der Waals surface area contributed by atoms with Gasteiger partial charge >= 0.3 is 0 Å². The molecule has 1 heteroatoms. The van der Waals surface area contributed by atoms with E-state index < -0.39 is 0 Å². The SMILES string of the molecule is C=CCP. The van der Waals surface area contributed by atoms with Crippen molar-refractivity contribution >= 4 is 9.24 Å². The summed E-state index contributed by atoms with van der Waals surface area (Å²) in [5.74, 6) is 0. The summed E-state index contributed by atoms with van der Waals surface area (Å²) >= 11 is 0. The molecule has 0 aliphatic rings. The second-order valence-corrected chi connectivity index (χ2v) is 0.996. The lowest BCUT2D eigenvalue weighted by molar-refractivity contribution is 1.83. The highest BCUT2D eigenvalue weighted by molar-refractivity contribution is 7.16. The molecule has 1 atom stereocenters. The number of allylic oxidation sites excluding steroid dienone is 1. The topological polar surface area (TPSA) is 0 Å². The van der Waals surface area contributed by atoms with Crippen LogP contribution in [0.1, 0.15) is 0 Å². The van der Waals surface area contributed by atoms with Gasteiger partial charge in [-0.15, -0.1) is 15.8 Å². The van der Waals surface area contributed by atoms with Crippen LogP contribution >= 0.6 is 9.24 Å². The van der Waals surface area contributed by atoms with Gasteiger partial charge in [-0.2, -0.15) is 0 Å². The Bertz CT molecular complexity index is 17.2. The van der Waals surface area contributed by atoms with Crippen LogP contribution < -0.4 is 0 Å². The summed E-state index contributed by atoms with van der Waals surface area (Å²) in [6, 6.07) is 0. The van der Waals surface area contributed by atoms with Crippen molar-refractivity contribution in [2.24, 2.45) is 0 Å². The van der Waals surface area contributed by atoms with Gasteiger partial charge in [0.05, 0.1) is 0 Å². The van der Waals surface area contributed by atoms with Crippen molar-refractivity contribution in [1.29, 1.82) is 0 Å². The van der Waals surface area contributed by atoms with Crippen LogP contribution in [-0.2, 0) is 0 Å². The van der Waals surface area contributed by atoms with Crippen LogP contribution in [0.4, 0.5) is 0 Å². The van der Waals surface area contributed by atoms with Gasteiger partial charge in [0.15, 0.2) is 0 Å². The highest BCUT2D eigenvalue weighted by Gasteiger charge is 1.44. The number of rotatable bonds is 1. The molecule has 0 spiro atoms. The van der Waals surface area contributed by atoms with Gasteiger partial charge in [0.1, 0.15) is 0 Å². The normalized spacial score (nSPS) is 6.25. The molecule has 1 unspecified atom stereocenters. The van der Waals surface area contributed by atoms with Crippen LogP contribution in [-0.4, -0.2) is 6.16 Å². The summed E-state index contributed by atoms with van der Waals surface area (Å²) in [5, 5.41) is 0. The fourth-order valence-corrected chi connectivity index (χ4v) is 0. The molecule has 0 nitrogen and oxygen atoms in total. The van der Waals surface area contributed by atoms with E-state index in [4.69, 9.17) is 0 Å². The van der Waals surface area contributed by atoms with Crippen LogP contribution in [0.3, 0.4) is 0 Å². The lowest BCUT2D eigenvalue weighted by Crippen LogP contribution is -1.43. The zero-order valence-corrected chi connectivity index (χ0v) is 3.72. The van der Waals surface area contributed by atoms with E-state index in [-0.39, 0.29) is 0 Å². The zero-order valence-electron chi connectivity index (χ0n) is 2.57. The Morgan fingerprint density at radius 2 is 2.25 bits per heavy atom. The quantitative estimate of drug-likeness (QED) is 0.322. The molecule has 24 valence electrons. The van der Waals surface area contributed by atoms with Crippen LogP contribution in [0.25, 0.3) is 0 Å². The van der Waals surface area contributed by atoms with E-state index in [1.807, 2.05) is 6.08 Å². The van der Waals surface area contributed by atoms with E-state index >= 15 is 0 Å². The molecule has 0 heterocycles. The molecule has 0 aromatic heterocycles. The van der Waals surface area contributed by atoms with Crippen molar-refractivity contribution in [3.05, 3.63) is 12.7 Å². The van der Waals surface area contributed by atoms with Crippen LogP contribution in [0, 0.1) is 0 Å². The molecule has 0 aromatic carbocycles. The minimum atomic E-state index is 1.00. The fraction of sp³-hybridized carbons (Fsp3) is 0.333. The van der Waals surface area contributed by atoms with Crippen molar-refractivity contribution in [1.82, 2.24) is 0 Å². The molecule has 4 heavy (non-hydrogen) atoms. The summed E-state index contributed by atoms with van der Waals surface area (Å²) in [4.78, 5) is 0. The van der Waals surface area contributed by atoms with Gasteiger partial charge in [0.2, 0.25) is 0 Å². The molecule has 0 aliphatic carbocycles. The molecule has 0 aliphatic heterocycles. The molecule has 0 saturated carbocycles. The molecule has 0 fully saturated rings. The average molecular weight is 74.1 g/mol. The van der Waals surface area contributed by atoms with E-state index in [1.54, 1.807) is 0 Å². The number of hydrogen-bond acceptors (Lipinski definition) is 0. The lowest BCUT2D eigenvalue weighted by Gasteiger charge is -1.58. The second-order valence-electron chi connectivity index (χ2n) is 0.524. The second kappa shape index (κ2) is 3.17. The maximum absolute atomic E-state index is 3.46. The average Bonchev–Trinajstić information content (AvgIpc) is 1.37. The Balaban J connectivity index is 2.30. The molecule has 0 saturated heterocycles. The van der Waals surface area contributed by atoms with E-state index in [9.17, 15) is 0 Å². The smallest absolute Gasteiger partial charge is 0.0203 e. The van der Waals surface area contributed by atoms with Crippen molar-refractivity contribution in [2.75, 3.05) is 6.16 Å². The van der Waals surface area contributed by atoms with Gasteiger partial charge in [0.25, 0.3) is 0 Å². The Labute approximate surface area is 29.1 Å². The van der Waals surface area contributed by atoms with Crippen molar-refractivity contribution < 1.29 is 0 Å². The maximum atomic E-state index is 3.46. The van der Waals surface area contributed by atoms with E-state index in [2.05, 4.69) is 15.8 Å². The maximum Gasteiger partial charge on any atom is -0.0203 e. The predicted molar refractivity (Wildman–Crippen MR) is 24.8 cm³/mol. The first kappa shape index (κ1) is 4.17. The molecule has 0 bridgehead atoms. The third kappa shape index (κ3) is 2.17. The van der Waals surface area contributed by atoms with Gasteiger partial charge in [-0.1, -0.05) is 6.08 Å². The summed E-state index contributed by atoms with van der Waals surface area (Å²) in [6.45, 7) is 3.46. The van der Waals surface area contributed by atoms with Gasteiger partial charge in [-0.3, -0.25) is 0 Å². The third-order valence-electron chi connectivity index (χ3n) is 0.167. The lowest BCUT2D eigenvalue weighted by atomic mass is 10.8. The minimum Gasteiger partial charge on any atom is -0.134 e. The molecule has 0 aromatic rings. The summed E-state index contributed by atoms with van der Waals surface area (Å²) in [6.07, 6.45) is 2.84. The van der Waals surface area contributed by atoms with Crippen LogP contribution in [0.5, 0.6) is 0 Å². The summed E-state index contributed by atoms with van der Waals surface area (Å²) in [7, 11) is 2.54. The standard InChI is InChI=1S/C3H7P/c1-2-3-4/h2H,1,3-4H2. The third-order valence-corrected chi connectivity index (χ3v) is 0.500. The first-order chi connectivity index (χ1) is 1.91. The van der Waals surface area contributed by atoms with Gasteiger partial charge in [-0.25, -0.2) is 0 Å². The molecule has 0 N–H and O–H groups in total. The highest BCUT2D eigenvalue weighted by Crippen LogP contribution is 1.74. The highest BCUT2D eigenvalue weighted by atomic mass is 31.0. The van der Waals surface area contributed by atoms with Gasteiger partial charge < -0.3 is 0 Å². The molecule has 0 amide bonds. The van der Waals surface area contributed by atoms with E-state index in [0.717, 1.165) is 6.16 Å². The largest absolute Gasteiger partial charge is 0.134 e. The van der Waals surface area contributed by atoms with E-state index in [0.29, 0.717) is 0 Å². The summed E-state index contributed by atoms with van der Waals surface area (Å²) in [5.41, 5.74) is 0. The summed E-state index contributed by atoms with van der Waals surface area (Å²) < 4.78 is 0. The molecular weight excluding hydrogens is 67.0 g/mol. The Kier molecular flexibility index (Phi) is 3.30. The Morgan fingerprint density at radius 1 is 2.00 bits per heavy atom. The van der Waals surface area contributed by atoms with Crippen LogP contribution in [0.2, 0.25) is 0 Å². The Hall–Kier alpha value is 0.170. The molecule has 0 rings (SSSR count). The van der Waals surface area contributed by atoms with E-state index in [1.165, 1.54) is 0 Å². The minimum absolute atomic E-state index is 1.00. The van der Waals surface area contributed by atoms with Crippen molar-refractivity contribution in [3.63, 3.8) is 0 Å². The van der Waals surface area contributed by atoms with Gasteiger partial charge in [0, 0.05) is 0 Å².